The van der Waals surface area contributed by atoms with Gasteiger partial charge in [0.1, 0.15) is 0 Å². The summed E-state index contributed by atoms with van der Waals surface area (Å²) in [6.45, 7) is 2.90. The molecule has 3 nitrogen and oxygen atoms in total. The van der Waals surface area contributed by atoms with Crippen molar-refractivity contribution in [2.75, 3.05) is 19.4 Å². The van der Waals surface area contributed by atoms with Crippen LogP contribution >= 0.6 is 0 Å². The Labute approximate surface area is 139 Å². The molecule has 0 heterocycles. The largest absolute Gasteiger partial charge is 0.326 e. The molecule has 1 amide bonds. The number of benzene rings is 2. The minimum absolute atomic E-state index is 0.0864. The highest BCUT2D eigenvalue weighted by Crippen LogP contribution is 2.17. The van der Waals surface area contributed by atoms with Crippen LogP contribution in [0.25, 0.3) is 0 Å². The maximum Gasteiger partial charge on any atom is 0.224 e. The number of hydrogen-bond donors (Lipinski definition) is 1. The molecule has 3 heteroatoms. The fraction of sp³-hybridized carbons (Fsp3) is 0.350. The summed E-state index contributed by atoms with van der Waals surface area (Å²) in [6, 6.07) is 16.5. The van der Waals surface area contributed by atoms with Gasteiger partial charge in [-0.1, -0.05) is 48.0 Å². The van der Waals surface area contributed by atoms with Crippen LogP contribution in [0.3, 0.4) is 0 Å². The Morgan fingerprint density at radius 2 is 1.74 bits per heavy atom. The van der Waals surface area contributed by atoms with Crippen LogP contribution in [0.15, 0.2) is 48.5 Å². The predicted octanol–water partition coefficient (Wildman–Crippen LogP) is 4.02. The molecule has 0 aromatic heterocycles. The standard InChI is InChI=1S/C20H26N2O/c1-16-11-13-17(14-12-16)7-6-10-20(23)21-19-9-5-4-8-18(19)15-22(2)3/h4-5,8-9,11-14H,6-7,10,15H2,1-3H3,(H,21,23). The molecular weight excluding hydrogens is 284 g/mol. The summed E-state index contributed by atoms with van der Waals surface area (Å²) in [5.74, 6) is 0.0864. The average Bonchev–Trinajstić information content (AvgIpc) is 2.51. The number of anilines is 1. The van der Waals surface area contributed by atoms with E-state index in [-0.39, 0.29) is 5.91 Å². The number of carbonyl (C=O) groups excluding carboxylic acids is 1. The van der Waals surface area contributed by atoms with Gasteiger partial charge < -0.3 is 10.2 Å². The van der Waals surface area contributed by atoms with Gasteiger partial charge in [-0.25, -0.2) is 0 Å². The maximum atomic E-state index is 12.2. The van der Waals surface area contributed by atoms with E-state index in [1.807, 2.05) is 32.3 Å². The van der Waals surface area contributed by atoms with Crippen LogP contribution in [0.1, 0.15) is 29.5 Å². The van der Waals surface area contributed by atoms with Crippen LogP contribution in [-0.4, -0.2) is 24.9 Å². The van der Waals surface area contributed by atoms with Crippen LogP contribution in [0.5, 0.6) is 0 Å². The lowest BCUT2D eigenvalue weighted by atomic mass is 10.1. The molecule has 0 saturated carbocycles. The van der Waals surface area contributed by atoms with E-state index in [2.05, 4.69) is 47.5 Å². The number of rotatable bonds is 7. The first-order valence-corrected chi connectivity index (χ1v) is 8.12. The quantitative estimate of drug-likeness (QED) is 0.838. The Morgan fingerprint density at radius 3 is 2.43 bits per heavy atom. The molecule has 0 aliphatic heterocycles. The first kappa shape index (κ1) is 17.2. The van der Waals surface area contributed by atoms with E-state index in [0.717, 1.165) is 30.6 Å². The summed E-state index contributed by atoms with van der Waals surface area (Å²) < 4.78 is 0. The summed E-state index contributed by atoms with van der Waals surface area (Å²) >= 11 is 0. The predicted molar refractivity (Wildman–Crippen MR) is 96.6 cm³/mol. The van der Waals surface area contributed by atoms with Gasteiger partial charge in [0, 0.05) is 18.7 Å². The fourth-order valence-corrected chi connectivity index (χ4v) is 2.54. The van der Waals surface area contributed by atoms with Gasteiger partial charge in [-0.3, -0.25) is 4.79 Å². The first-order chi connectivity index (χ1) is 11.0. The van der Waals surface area contributed by atoms with Gasteiger partial charge in [0.25, 0.3) is 0 Å². The SMILES string of the molecule is Cc1ccc(CCCC(=O)Nc2ccccc2CN(C)C)cc1. The van der Waals surface area contributed by atoms with Crippen molar-refractivity contribution in [3.05, 3.63) is 65.2 Å². The molecule has 0 aliphatic rings. The van der Waals surface area contributed by atoms with Crippen LogP contribution < -0.4 is 5.32 Å². The zero-order chi connectivity index (χ0) is 16.7. The topological polar surface area (TPSA) is 32.3 Å². The Kier molecular flexibility index (Phi) is 6.36. The van der Waals surface area contributed by atoms with E-state index in [4.69, 9.17) is 0 Å². The number of para-hydroxylation sites is 1. The molecule has 1 N–H and O–H groups in total. The van der Waals surface area contributed by atoms with Crippen molar-refractivity contribution in [1.29, 1.82) is 0 Å². The van der Waals surface area contributed by atoms with Crippen molar-refractivity contribution in [2.45, 2.75) is 32.7 Å². The van der Waals surface area contributed by atoms with Crippen LogP contribution in [-0.2, 0) is 17.8 Å². The summed E-state index contributed by atoms with van der Waals surface area (Å²) in [7, 11) is 4.06. The second-order valence-electron chi connectivity index (χ2n) is 6.28. The number of hydrogen-bond acceptors (Lipinski definition) is 2. The molecule has 122 valence electrons. The fourth-order valence-electron chi connectivity index (χ4n) is 2.54. The Balaban J connectivity index is 1.84. The molecule has 2 rings (SSSR count). The van der Waals surface area contributed by atoms with Crippen LogP contribution in [0.4, 0.5) is 5.69 Å². The van der Waals surface area contributed by atoms with Gasteiger partial charge in [-0.2, -0.15) is 0 Å². The van der Waals surface area contributed by atoms with Gasteiger partial charge in [0.05, 0.1) is 0 Å². The van der Waals surface area contributed by atoms with Gasteiger partial charge in [-0.05, 0) is 51.1 Å². The van der Waals surface area contributed by atoms with E-state index in [1.165, 1.54) is 11.1 Å². The Bertz CT molecular complexity index is 632. The molecule has 0 aliphatic carbocycles. The van der Waals surface area contributed by atoms with Crippen molar-refractivity contribution in [3.8, 4) is 0 Å². The zero-order valence-corrected chi connectivity index (χ0v) is 14.3. The van der Waals surface area contributed by atoms with Crippen molar-refractivity contribution in [2.24, 2.45) is 0 Å². The molecule has 0 bridgehead atoms. The van der Waals surface area contributed by atoms with Gasteiger partial charge in [-0.15, -0.1) is 0 Å². The second kappa shape index (κ2) is 8.49. The number of carbonyl (C=O) groups is 1. The Morgan fingerprint density at radius 1 is 1.04 bits per heavy atom. The van der Waals surface area contributed by atoms with E-state index in [9.17, 15) is 4.79 Å². The van der Waals surface area contributed by atoms with E-state index in [0.29, 0.717) is 6.42 Å². The molecule has 0 unspecified atom stereocenters. The highest BCUT2D eigenvalue weighted by molar-refractivity contribution is 5.91. The number of aryl methyl sites for hydroxylation is 2. The minimum Gasteiger partial charge on any atom is -0.326 e. The number of nitrogens with zero attached hydrogens (tertiary/aromatic N) is 1. The zero-order valence-electron chi connectivity index (χ0n) is 14.3. The van der Waals surface area contributed by atoms with Crippen LogP contribution in [0, 0.1) is 6.92 Å². The van der Waals surface area contributed by atoms with E-state index < -0.39 is 0 Å². The summed E-state index contributed by atoms with van der Waals surface area (Å²) in [5.41, 5.74) is 4.62. The third kappa shape index (κ3) is 5.87. The molecule has 0 fully saturated rings. The van der Waals surface area contributed by atoms with Gasteiger partial charge in [0.2, 0.25) is 5.91 Å². The normalized spacial score (nSPS) is 10.8. The third-order valence-corrected chi connectivity index (χ3v) is 3.77. The second-order valence-corrected chi connectivity index (χ2v) is 6.28. The third-order valence-electron chi connectivity index (χ3n) is 3.77. The minimum atomic E-state index is 0.0864. The molecule has 0 radical (unpaired) electrons. The van der Waals surface area contributed by atoms with E-state index >= 15 is 0 Å². The van der Waals surface area contributed by atoms with Crippen molar-refractivity contribution in [1.82, 2.24) is 4.90 Å². The van der Waals surface area contributed by atoms with E-state index in [1.54, 1.807) is 0 Å². The maximum absolute atomic E-state index is 12.2. The molecular formula is C20H26N2O. The smallest absolute Gasteiger partial charge is 0.224 e. The van der Waals surface area contributed by atoms with Crippen molar-refractivity contribution < 1.29 is 4.79 Å². The Hall–Kier alpha value is -2.13. The molecule has 23 heavy (non-hydrogen) atoms. The summed E-state index contributed by atoms with van der Waals surface area (Å²) in [4.78, 5) is 14.3. The lowest BCUT2D eigenvalue weighted by Crippen LogP contribution is -2.16. The number of nitrogens with one attached hydrogen (secondary N) is 1. The van der Waals surface area contributed by atoms with Crippen molar-refractivity contribution >= 4 is 11.6 Å². The highest BCUT2D eigenvalue weighted by Gasteiger charge is 2.07. The molecule has 2 aromatic rings. The van der Waals surface area contributed by atoms with Gasteiger partial charge >= 0.3 is 0 Å². The monoisotopic (exact) mass is 310 g/mol. The van der Waals surface area contributed by atoms with Gasteiger partial charge in [0.15, 0.2) is 0 Å². The molecule has 0 spiro atoms. The number of amides is 1. The highest BCUT2D eigenvalue weighted by atomic mass is 16.1. The molecule has 0 saturated heterocycles. The lowest BCUT2D eigenvalue weighted by molar-refractivity contribution is -0.116. The first-order valence-electron chi connectivity index (χ1n) is 8.12. The van der Waals surface area contributed by atoms with Crippen molar-refractivity contribution in [3.63, 3.8) is 0 Å². The summed E-state index contributed by atoms with van der Waals surface area (Å²) in [6.07, 6.45) is 2.35. The van der Waals surface area contributed by atoms with Crippen LogP contribution in [0.2, 0.25) is 0 Å². The summed E-state index contributed by atoms with van der Waals surface area (Å²) in [5, 5.41) is 3.05. The molecule has 0 atom stereocenters. The average molecular weight is 310 g/mol. The molecule has 2 aromatic carbocycles. The lowest BCUT2D eigenvalue weighted by Gasteiger charge is -2.14.